The zero-order chi connectivity index (χ0) is 23.4. The molecule has 4 rings (SSSR count). The van der Waals surface area contributed by atoms with Crippen molar-refractivity contribution in [2.45, 2.75) is 32.9 Å². The van der Waals surface area contributed by atoms with Crippen molar-refractivity contribution in [1.29, 1.82) is 0 Å². The van der Waals surface area contributed by atoms with Gasteiger partial charge in [-0.2, -0.15) is 0 Å². The average molecular weight is 469 g/mol. The molecular weight excluding hydrogens is 447 g/mol. The highest BCUT2D eigenvalue weighted by Gasteiger charge is 2.14. The highest BCUT2D eigenvalue weighted by Crippen LogP contribution is 2.21. The van der Waals surface area contributed by atoms with Gasteiger partial charge in [0.2, 0.25) is 5.95 Å². The second kappa shape index (κ2) is 9.87. The van der Waals surface area contributed by atoms with Crippen molar-refractivity contribution in [2.24, 2.45) is 0 Å². The van der Waals surface area contributed by atoms with Crippen molar-refractivity contribution in [3.8, 4) is 5.75 Å². The molecule has 0 bridgehead atoms. The molecule has 4 aromatic rings. The quantitative estimate of drug-likeness (QED) is 0.360. The van der Waals surface area contributed by atoms with Crippen LogP contribution in [0, 0.1) is 5.82 Å². The molecule has 1 amide bonds. The number of anilines is 1. The Balaban J connectivity index is 1.32. The average Bonchev–Trinajstić information content (AvgIpc) is 3.44. The zero-order valence-electron chi connectivity index (χ0n) is 18.1. The maximum atomic E-state index is 13.2. The number of benzene rings is 2. The molecule has 9 heteroatoms. The number of aromatic nitrogens is 3. The van der Waals surface area contributed by atoms with Gasteiger partial charge in [-0.05, 0) is 53.4 Å². The monoisotopic (exact) mass is 468 g/mol. The summed E-state index contributed by atoms with van der Waals surface area (Å²) in [7, 11) is 0. The van der Waals surface area contributed by atoms with Gasteiger partial charge in [-0.3, -0.25) is 10.1 Å². The van der Waals surface area contributed by atoms with Crippen molar-refractivity contribution < 1.29 is 18.3 Å². The van der Waals surface area contributed by atoms with E-state index in [1.54, 1.807) is 18.2 Å². The van der Waals surface area contributed by atoms with Crippen molar-refractivity contribution in [3.05, 3.63) is 94.4 Å². The van der Waals surface area contributed by atoms with Crippen LogP contribution in [0.5, 0.6) is 5.75 Å². The molecule has 0 aliphatic carbocycles. The Morgan fingerprint density at radius 1 is 1.18 bits per heavy atom. The molecular formula is C24H22ClFN4O3. The van der Waals surface area contributed by atoms with Crippen LogP contribution in [0.15, 0.2) is 65.3 Å². The fraction of sp³-hybridized carbons (Fsp3) is 0.208. The standard InChI is InChI=1S/C24H22ClFN4O3/c1-15(2)16-4-7-19(8-5-16)32-13-20-9-10-22(33-20)23(31)28-24-27-14-30(29-24)12-17-3-6-18(26)11-21(17)25/h3-11,14-15H,12-13H2,1-2H3,(H,28,29,31). The number of hydrogen-bond acceptors (Lipinski definition) is 5. The molecule has 2 heterocycles. The molecule has 0 saturated carbocycles. The summed E-state index contributed by atoms with van der Waals surface area (Å²) in [6.45, 7) is 4.74. The smallest absolute Gasteiger partial charge is 0.293 e. The number of rotatable bonds is 8. The number of ether oxygens (including phenoxy) is 1. The first kappa shape index (κ1) is 22.5. The van der Waals surface area contributed by atoms with Gasteiger partial charge in [-0.15, -0.1) is 5.10 Å². The summed E-state index contributed by atoms with van der Waals surface area (Å²) in [4.78, 5) is 16.5. The molecule has 170 valence electrons. The third kappa shape index (κ3) is 5.78. The summed E-state index contributed by atoms with van der Waals surface area (Å²) in [5.74, 6) is 1.00. The highest BCUT2D eigenvalue weighted by molar-refractivity contribution is 6.31. The first-order valence-corrected chi connectivity index (χ1v) is 10.7. The third-order valence-corrected chi connectivity index (χ3v) is 5.27. The predicted octanol–water partition coefficient (Wildman–Crippen LogP) is 5.67. The molecule has 0 fully saturated rings. The van der Waals surface area contributed by atoms with Crippen molar-refractivity contribution in [1.82, 2.24) is 14.8 Å². The topological polar surface area (TPSA) is 82.2 Å². The van der Waals surface area contributed by atoms with Crippen molar-refractivity contribution in [3.63, 3.8) is 0 Å². The van der Waals surface area contributed by atoms with Crippen LogP contribution in [0.25, 0.3) is 0 Å². The minimum atomic E-state index is -0.486. The van der Waals surface area contributed by atoms with Crippen molar-refractivity contribution >= 4 is 23.5 Å². The number of carbonyl (C=O) groups excluding carboxylic acids is 1. The maximum Gasteiger partial charge on any atom is 0.293 e. The second-order valence-corrected chi connectivity index (χ2v) is 8.14. The summed E-state index contributed by atoms with van der Waals surface area (Å²) < 4.78 is 26.0. The van der Waals surface area contributed by atoms with Crippen LogP contribution in [0.2, 0.25) is 5.02 Å². The van der Waals surface area contributed by atoms with Crippen LogP contribution < -0.4 is 10.1 Å². The van der Waals surface area contributed by atoms with E-state index in [1.807, 2.05) is 24.3 Å². The van der Waals surface area contributed by atoms with Gasteiger partial charge in [0.15, 0.2) is 5.76 Å². The SMILES string of the molecule is CC(C)c1ccc(OCc2ccc(C(=O)Nc3ncn(Cc4ccc(F)cc4Cl)n3)o2)cc1. The molecule has 0 aliphatic rings. The summed E-state index contributed by atoms with van der Waals surface area (Å²) in [5.41, 5.74) is 1.91. The van der Waals surface area contributed by atoms with Crippen LogP contribution in [0.4, 0.5) is 10.3 Å². The van der Waals surface area contributed by atoms with E-state index in [1.165, 1.54) is 28.7 Å². The van der Waals surface area contributed by atoms with E-state index in [4.69, 9.17) is 20.8 Å². The lowest BCUT2D eigenvalue weighted by Crippen LogP contribution is -2.12. The highest BCUT2D eigenvalue weighted by atomic mass is 35.5. The number of hydrogen-bond donors (Lipinski definition) is 1. The van der Waals surface area contributed by atoms with Crippen molar-refractivity contribution in [2.75, 3.05) is 5.32 Å². The van der Waals surface area contributed by atoms with E-state index in [0.717, 1.165) is 5.75 Å². The maximum absolute atomic E-state index is 13.2. The van der Waals surface area contributed by atoms with E-state index >= 15 is 0 Å². The molecule has 1 N–H and O–H groups in total. The number of nitrogens with one attached hydrogen (secondary N) is 1. The van der Waals surface area contributed by atoms with E-state index in [2.05, 4.69) is 29.2 Å². The summed E-state index contributed by atoms with van der Waals surface area (Å²) in [6, 6.07) is 15.2. The molecule has 0 radical (unpaired) electrons. The normalized spacial score (nSPS) is 11.1. The number of carbonyl (C=O) groups is 1. The van der Waals surface area contributed by atoms with Crippen LogP contribution >= 0.6 is 11.6 Å². The minimum absolute atomic E-state index is 0.109. The Hall–Kier alpha value is -3.65. The molecule has 0 spiro atoms. The van der Waals surface area contributed by atoms with Crippen LogP contribution in [0.1, 0.15) is 47.2 Å². The minimum Gasteiger partial charge on any atom is -0.486 e. The lowest BCUT2D eigenvalue weighted by atomic mass is 10.0. The summed E-state index contributed by atoms with van der Waals surface area (Å²) in [5, 5.41) is 7.06. The lowest BCUT2D eigenvalue weighted by molar-refractivity contribution is 0.0991. The van der Waals surface area contributed by atoms with Gasteiger partial charge in [-0.25, -0.2) is 14.1 Å². The lowest BCUT2D eigenvalue weighted by Gasteiger charge is -2.07. The van der Waals surface area contributed by atoms with Gasteiger partial charge < -0.3 is 9.15 Å². The number of amides is 1. The largest absolute Gasteiger partial charge is 0.486 e. The van der Waals surface area contributed by atoms with Gasteiger partial charge in [0, 0.05) is 5.02 Å². The Labute approximate surface area is 195 Å². The van der Waals surface area contributed by atoms with E-state index < -0.39 is 11.7 Å². The van der Waals surface area contributed by atoms with Gasteiger partial charge in [0.25, 0.3) is 5.91 Å². The van der Waals surface area contributed by atoms with Gasteiger partial charge in [-0.1, -0.05) is 43.6 Å². The van der Waals surface area contributed by atoms with Gasteiger partial charge >= 0.3 is 0 Å². The van der Waals surface area contributed by atoms with E-state index in [9.17, 15) is 9.18 Å². The Morgan fingerprint density at radius 3 is 2.70 bits per heavy atom. The number of furan rings is 1. The Morgan fingerprint density at radius 2 is 1.97 bits per heavy atom. The number of nitrogens with zero attached hydrogens (tertiary/aromatic N) is 3. The van der Waals surface area contributed by atoms with Crippen LogP contribution in [-0.2, 0) is 13.2 Å². The van der Waals surface area contributed by atoms with E-state index in [0.29, 0.717) is 17.2 Å². The second-order valence-electron chi connectivity index (χ2n) is 7.73. The van der Waals surface area contributed by atoms with Crippen LogP contribution in [-0.4, -0.2) is 20.7 Å². The molecule has 2 aromatic carbocycles. The molecule has 2 aromatic heterocycles. The molecule has 33 heavy (non-hydrogen) atoms. The molecule has 0 atom stereocenters. The molecule has 0 aliphatic heterocycles. The van der Waals surface area contributed by atoms with E-state index in [-0.39, 0.29) is 29.9 Å². The zero-order valence-corrected chi connectivity index (χ0v) is 18.8. The fourth-order valence-electron chi connectivity index (χ4n) is 3.10. The third-order valence-electron chi connectivity index (χ3n) is 4.92. The number of halogens is 2. The molecule has 7 nitrogen and oxygen atoms in total. The van der Waals surface area contributed by atoms with Crippen LogP contribution in [0.3, 0.4) is 0 Å². The van der Waals surface area contributed by atoms with Gasteiger partial charge in [0.05, 0.1) is 6.54 Å². The molecule has 0 unspecified atom stereocenters. The first-order chi connectivity index (χ1) is 15.9. The summed E-state index contributed by atoms with van der Waals surface area (Å²) >= 11 is 6.04. The van der Waals surface area contributed by atoms with Gasteiger partial charge in [0.1, 0.15) is 30.3 Å². The first-order valence-electron chi connectivity index (χ1n) is 10.3. The summed E-state index contributed by atoms with van der Waals surface area (Å²) in [6.07, 6.45) is 1.45. The Kier molecular flexibility index (Phi) is 6.74. The molecule has 0 saturated heterocycles. The fourth-order valence-corrected chi connectivity index (χ4v) is 3.32. The Bertz CT molecular complexity index is 1250. The predicted molar refractivity (Wildman–Crippen MR) is 122 cm³/mol.